The summed E-state index contributed by atoms with van der Waals surface area (Å²) < 4.78 is 7.63. The highest BCUT2D eigenvalue weighted by atomic mass is 35.5. The summed E-state index contributed by atoms with van der Waals surface area (Å²) in [5, 5.41) is 1.56. The molecule has 5 nitrogen and oxygen atoms in total. The first-order valence-electron chi connectivity index (χ1n) is 7.71. The summed E-state index contributed by atoms with van der Waals surface area (Å²) in [7, 11) is 3.69. The Morgan fingerprint density at radius 2 is 2.20 bits per heavy atom. The van der Waals surface area contributed by atoms with Crippen molar-refractivity contribution in [1.29, 1.82) is 0 Å². The smallest absolute Gasteiger partial charge is 0.289 e. The van der Waals surface area contributed by atoms with Gasteiger partial charge in [-0.25, -0.2) is 4.98 Å². The number of carbonyl (C=O) groups is 1. The van der Waals surface area contributed by atoms with Gasteiger partial charge in [-0.05, 0) is 29.8 Å². The molecule has 0 aliphatic rings. The van der Waals surface area contributed by atoms with Crippen LogP contribution in [0, 0.1) is 0 Å². The number of rotatable bonds is 6. The van der Waals surface area contributed by atoms with Crippen LogP contribution < -0.4 is 0 Å². The van der Waals surface area contributed by atoms with Gasteiger partial charge in [0.2, 0.25) is 0 Å². The molecule has 0 aliphatic heterocycles. The number of imidazole rings is 1. The van der Waals surface area contributed by atoms with Crippen molar-refractivity contribution in [2.45, 2.75) is 17.5 Å². The highest BCUT2D eigenvalue weighted by Gasteiger charge is 2.17. The molecule has 0 radical (unpaired) electrons. The molecule has 0 unspecified atom stereocenters. The quantitative estimate of drug-likeness (QED) is 0.605. The zero-order valence-corrected chi connectivity index (χ0v) is 15.5. The summed E-state index contributed by atoms with van der Waals surface area (Å²) in [6, 6.07) is 11.0. The summed E-state index contributed by atoms with van der Waals surface area (Å²) in [5.74, 6) is 1.54. The van der Waals surface area contributed by atoms with Crippen LogP contribution in [0.4, 0.5) is 0 Å². The molecule has 1 amide bonds. The number of amides is 1. The second kappa shape index (κ2) is 7.80. The molecule has 7 heteroatoms. The van der Waals surface area contributed by atoms with Gasteiger partial charge in [-0.1, -0.05) is 35.5 Å². The average molecular weight is 376 g/mol. The first kappa shape index (κ1) is 17.6. The molecule has 0 saturated carbocycles. The van der Waals surface area contributed by atoms with E-state index in [0.29, 0.717) is 23.1 Å². The third-order valence-corrected chi connectivity index (χ3v) is 4.96. The van der Waals surface area contributed by atoms with Crippen LogP contribution in [0.3, 0.4) is 0 Å². The predicted molar refractivity (Wildman–Crippen MR) is 98.7 cm³/mol. The molecule has 0 atom stereocenters. The van der Waals surface area contributed by atoms with Crippen molar-refractivity contribution in [2.24, 2.45) is 7.05 Å². The lowest BCUT2D eigenvalue weighted by Crippen LogP contribution is -2.25. The molecule has 2 aromatic heterocycles. The summed E-state index contributed by atoms with van der Waals surface area (Å²) in [6.45, 7) is 0.470. The van der Waals surface area contributed by atoms with Gasteiger partial charge in [0.15, 0.2) is 10.9 Å². The van der Waals surface area contributed by atoms with Crippen LogP contribution in [-0.4, -0.2) is 27.4 Å². The fourth-order valence-corrected chi connectivity index (χ4v) is 3.41. The van der Waals surface area contributed by atoms with E-state index in [4.69, 9.17) is 16.0 Å². The van der Waals surface area contributed by atoms with E-state index in [1.165, 1.54) is 0 Å². The van der Waals surface area contributed by atoms with Crippen LogP contribution in [0.25, 0.3) is 0 Å². The van der Waals surface area contributed by atoms with Crippen molar-refractivity contribution in [3.63, 3.8) is 0 Å². The molecule has 3 aromatic rings. The Morgan fingerprint density at radius 3 is 2.92 bits per heavy atom. The molecule has 0 saturated heterocycles. The third kappa shape index (κ3) is 4.46. The van der Waals surface area contributed by atoms with Crippen molar-refractivity contribution in [3.8, 4) is 0 Å². The summed E-state index contributed by atoms with van der Waals surface area (Å²) in [5.41, 5.74) is 0.973. The van der Waals surface area contributed by atoms with Crippen LogP contribution in [0.1, 0.15) is 21.9 Å². The lowest BCUT2D eigenvalue weighted by atomic mass is 10.2. The van der Waals surface area contributed by atoms with Crippen LogP contribution in [0.5, 0.6) is 0 Å². The van der Waals surface area contributed by atoms with Gasteiger partial charge in [-0.15, -0.1) is 0 Å². The van der Waals surface area contributed by atoms with Crippen LogP contribution in [-0.2, 0) is 19.3 Å². The zero-order chi connectivity index (χ0) is 17.8. The van der Waals surface area contributed by atoms with E-state index in [1.807, 2.05) is 48.1 Å². The molecule has 0 bridgehead atoms. The van der Waals surface area contributed by atoms with Gasteiger partial charge in [0.05, 0.1) is 5.75 Å². The van der Waals surface area contributed by atoms with E-state index in [1.54, 1.807) is 36.0 Å². The second-order valence-corrected chi connectivity index (χ2v) is 7.05. The van der Waals surface area contributed by atoms with Crippen LogP contribution in [0.15, 0.2) is 58.4 Å². The van der Waals surface area contributed by atoms with Crippen molar-refractivity contribution in [1.82, 2.24) is 14.5 Å². The number of halogens is 1. The Balaban J connectivity index is 1.60. The molecule has 0 N–H and O–H groups in total. The van der Waals surface area contributed by atoms with Crippen LogP contribution in [0.2, 0.25) is 5.02 Å². The Hall–Kier alpha value is -2.18. The Kier molecular flexibility index (Phi) is 5.50. The fourth-order valence-electron chi connectivity index (χ4n) is 2.37. The van der Waals surface area contributed by atoms with Crippen molar-refractivity contribution < 1.29 is 9.21 Å². The average Bonchev–Trinajstić information content (AvgIpc) is 3.21. The normalized spacial score (nSPS) is 10.8. The SMILES string of the molecule is CN(Cc1cccc(Cl)c1)C(=O)c1ccc(CSc2nccn2C)o1. The van der Waals surface area contributed by atoms with E-state index in [2.05, 4.69) is 4.98 Å². The Labute approximate surface area is 155 Å². The predicted octanol–water partition coefficient (Wildman–Crippen LogP) is 4.23. The van der Waals surface area contributed by atoms with Gasteiger partial charge in [0, 0.05) is 38.1 Å². The number of furan rings is 1. The number of nitrogens with zero attached hydrogens (tertiary/aromatic N) is 3. The minimum absolute atomic E-state index is 0.159. The first-order valence-corrected chi connectivity index (χ1v) is 9.08. The maximum atomic E-state index is 12.5. The molecule has 2 heterocycles. The number of benzene rings is 1. The number of thioether (sulfide) groups is 1. The summed E-state index contributed by atoms with van der Waals surface area (Å²) in [6.07, 6.45) is 3.65. The molecule has 0 fully saturated rings. The van der Waals surface area contributed by atoms with Gasteiger partial charge >= 0.3 is 0 Å². The number of hydrogen-bond donors (Lipinski definition) is 0. The van der Waals surface area contributed by atoms with Crippen molar-refractivity contribution in [3.05, 3.63) is 70.9 Å². The van der Waals surface area contributed by atoms with E-state index in [0.717, 1.165) is 16.5 Å². The maximum Gasteiger partial charge on any atom is 0.289 e. The van der Waals surface area contributed by atoms with Gasteiger partial charge in [-0.3, -0.25) is 4.79 Å². The second-order valence-electron chi connectivity index (χ2n) is 5.67. The molecule has 0 spiro atoms. The highest BCUT2D eigenvalue weighted by molar-refractivity contribution is 7.98. The van der Waals surface area contributed by atoms with E-state index >= 15 is 0 Å². The monoisotopic (exact) mass is 375 g/mol. The number of carbonyl (C=O) groups excluding carboxylic acids is 1. The minimum Gasteiger partial charge on any atom is -0.455 e. The van der Waals surface area contributed by atoms with Gasteiger partial charge in [-0.2, -0.15) is 0 Å². The third-order valence-electron chi connectivity index (χ3n) is 3.65. The zero-order valence-electron chi connectivity index (χ0n) is 14.0. The summed E-state index contributed by atoms with van der Waals surface area (Å²) in [4.78, 5) is 18.4. The number of aromatic nitrogens is 2. The van der Waals surface area contributed by atoms with Gasteiger partial charge < -0.3 is 13.9 Å². The number of hydrogen-bond acceptors (Lipinski definition) is 4. The molecule has 130 valence electrons. The molecule has 3 rings (SSSR count). The lowest BCUT2D eigenvalue weighted by Gasteiger charge is -2.16. The van der Waals surface area contributed by atoms with Gasteiger partial charge in [0.1, 0.15) is 5.76 Å². The first-order chi connectivity index (χ1) is 12.0. The highest BCUT2D eigenvalue weighted by Crippen LogP contribution is 2.22. The van der Waals surface area contributed by atoms with E-state index < -0.39 is 0 Å². The standard InChI is InChI=1S/C18H18ClN3O2S/c1-21-9-8-20-18(21)25-12-15-6-7-16(24-15)17(23)22(2)11-13-4-3-5-14(19)10-13/h3-10H,11-12H2,1-2H3. The largest absolute Gasteiger partial charge is 0.455 e. The Morgan fingerprint density at radius 1 is 1.36 bits per heavy atom. The van der Waals surface area contributed by atoms with E-state index in [-0.39, 0.29) is 5.91 Å². The molecule has 25 heavy (non-hydrogen) atoms. The topological polar surface area (TPSA) is 51.3 Å². The van der Waals surface area contributed by atoms with E-state index in [9.17, 15) is 4.79 Å². The Bertz CT molecular complexity index is 875. The molecule has 1 aromatic carbocycles. The van der Waals surface area contributed by atoms with Crippen molar-refractivity contribution in [2.75, 3.05) is 7.05 Å². The summed E-state index contributed by atoms with van der Waals surface area (Å²) >= 11 is 7.55. The fraction of sp³-hybridized carbons (Fsp3) is 0.222. The van der Waals surface area contributed by atoms with Crippen LogP contribution >= 0.6 is 23.4 Å². The van der Waals surface area contributed by atoms with Crippen molar-refractivity contribution >= 4 is 29.3 Å². The molecule has 0 aliphatic carbocycles. The lowest BCUT2D eigenvalue weighted by molar-refractivity contribution is 0.0752. The maximum absolute atomic E-state index is 12.5. The number of aryl methyl sites for hydroxylation is 1. The molecular weight excluding hydrogens is 358 g/mol. The van der Waals surface area contributed by atoms with Gasteiger partial charge in [0.25, 0.3) is 5.91 Å². The minimum atomic E-state index is -0.159. The molecular formula is C18H18ClN3O2S.